The van der Waals surface area contributed by atoms with Crippen LogP contribution in [0.25, 0.3) is 22.3 Å². The lowest BCUT2D eigenvalue weighted by Crippen LogP contribution is -2.39. The van der Waals surface area contributed by atoms with Crippen molar-refractivity contribution in [2.45, 2.75) is 12.5 Å². The lowest BCUT2D eigenvalue weighted by molar-refractivity contribution is 0.198. The lowest BCUT2D eigenvalue weighted by atomic mass is 10.2. The summed E-state index contributed by atoms with van der Waals surface area (Å²) in [6.45, 7) is 0.830. The minimum atomic E-state index is -0.798. The molecule has 1 aliphatic rings. The average molecular weight is 509 g/mol. The van der Waals surface area contributed by atoms with Gasteiger partial charge in [0.2, 0.25) is 5.88 Å². The third-order valence-corrected chi connectivity index (χ3v) is 6.24. The second-order valence-corrected chi connectivity index (χ2v) is 8.58. The third kappa shape index (κ3) is 3.86. The van der Waals surface area contributed by atoms with Gasteiger partial charge in [0.15, 0.2) is 0 Å². The molecular weight excluding hydrogens is 491 g/mol. The number of methoxy groups -OCH3 is 1. The van der Waals surface area contributed by atoms with Crippen LogP contribution in [0.5, 0.6) is 5.88 Å². The molecule has 4 aromatic rings. The molecule has 182 valence electrons. The Morgan fingerprint density at radius 3 is 2.67 bits per heavy atom. The Balaban J connectivity index is 1.92. The number of aliphatic hydroxyl groups excluding tert-OH is 1. The minimum Gasteiger partial charge on any atom is -0.480 e. The maximum Gasteiger partial charge on any atom is 0.340 e. The highest BCUT2D eigenvalue weighted by Crippen LogP contribution is 2.29. The fourth-order valence-electron chi connectivity index (χ4n) is 4.25. The predicted molar refractivity (Wildman–Crippen MR) is 130 cm³/mol. The molecular formula is C24H18ClFN6O4. The van der Waals surface area contributed by atoms with Crippen molar-refractivity contribution in [2.24, 2.45) is 0 Å². The van der Waals surface area contributed by atoms with Gasteiger partial charge in [0.1, 0.15) is 23.1 Å². The van der Waals surface area contributed by atoms with Crippen molar-refractivity contribution < 1.29 is 14.2 Å². The maximum atomic E-state index is 14.0. The van der Waals surface area contributed by atoms with E-state index in [1.807, 2.05) is 11.0 Å². The van der Waals surface area contributed by atoms with Crippen molar-refractivity contribution in [3.63, 3.8) is 0 Å². The van der Waals surface area contributed by atoms with Crippen molar-refractivity contribution in [3.05, 3.63) is 80.0 Å². The lowest BCUT2D eigenvalue weighted by Gasteiger charge is -2.21. The van der Waals surface area contributed by atoms with Crippen molar-refractivity contribution >= 4 is 28.3 Å². The van der Waals surface area contributed by atoms with Gasteiger partial charge in [-0.15, -0.1) is 0 Å². The number of hydrogen-bond donors (Lipinski definition) is 1. The molecule has 1 N–H and O–H groups in total. The Bertz CT molecular complexity index is 1680. The number of aromatic nitrogens is 4. The quantitative estimate of drug-likeness (QED) is 0.444. The first-order chi connectivity index (χ1) is 17.3. The zero-order chi connectivity index (χ0) is 25.6. The number of rotatable bonds is 4. The molecule has 10 nitrogen and oxygen atoms in total. The molecule has 0 aliphatic carbocycles. The van der Waals surface area contributed by atoms with Gasteiger partial charge in [-0.05, 0) is 30.7 Å². The van der Waals surface area contributed by atoms with Gasteiger partial charge in [-0.3, -0.25) is 14.3 Å². The normalized spacial score (nSPS) is 15.3. The highest BCUT2D eigenvalue weighted by Gasteiger charge is 2.26. The Morgan fingerprint density at radius 2 is 2.00 bits per heavy atom. The molecule has 0 bridgehead atoms. The van der Waals surface area contributed by atoms with Crippen LogP contribution in [0.4, 0.5) is 10.2 Å². The van der Waals surface area contributed by atoms with Gasteiger partial charge in [-0.1, -0.05) is 11.6 Å². The Labute approximate surface area is 208 Å². The molecule has 0 radical (unpaired) electrons. The van der Waals surface area contributed by atoms with E-state index >= 15 is 0 Å². The van der Waals surface area contributed by atoms with Crippen LogP contribution in [0.2, 0.25) is 5.02 Å². The fourth-order valence-corrected chi connectivity index (χ4v) is 4.42. The van der Waals surface area contributed by atoms with E-state index in [0.717, 1.165) is 10.6 Å². The number of β-amino-alcohol motifs (C(OH)–C–C–N with tert-alkyl or cyclic N) is 1. The van der Waals surface area contributed by atoms with Crippen molar-refractivity contribution in [1.82, 2.24) is 19.1 Å². The summed E-state index contributed by atoms with van der Waals surface area (Å²) >= 11 is 6.03. The second-order valence-electron chi connectivity index (χ2n) is 8.17. The summed E-state index contributed by atoms with van der Waals surface area (Å²) in [5.74, 6) is -0.334. The van der Waals surface area contributed by atoms with Crippen LogP contribution in [-0.4, -0.2) is 50.5 Å². The van der Waals surface area contributed by atoms with Crippen LogP contribution in [0, 0.1) is 17.1 Å². The van der Waals surface area contributed by atoms with Gasteiger partial charge in [0.25, 0.3) is 5.56 Å². The largest absolute Gasteiger partial charge is 0.480 e. The van der Waals surface area contributed by atoms with Crippen molar-refractivity contribution in [3.8, 4) is 23.3 Å². The van der Waals surface area contributed by atoms with E-state index in [9.17, 15) is 24.3 Å². The molecule has 1 aliphatic heterocycles. The summed E-state index contributed by atoms with van der Waals surface area (Å²) in [6.07, 6.45) is 2.57. The summed E-state index contributed by atoms with van der Waals surface area (Å²) in [5, 5.41) is 19.0. The monoisotopic (exact) mass is 508 g/mol. The number of hydrogen-bond acceptors (Lipinski definition) is 8. The molecule has 3 aromatic heterocycles. The number of aliphatic hydroxyl groups is 1. The van der Waals surface area contributed by atoms with Crippen molar-refractivity contribution in [1.29, 1.82) is 5.26 Å². The van der Waals surface area contributed by atoms with Gasteiger partial charge >= 0.3 is 5.69 Å². The molecule has 0 saturated carbocycles. The van der Waals surface area contributed by atoms with Gasteiger partial charge in [-0.25, -0.2) is 13.8 Å². The van der Waals surface area contributed by atoms with E-state index in [0.29, 0.717) is 25.3 Å². The zero-order valence-electron chi connectivity index (χ0n) is 18.9. The molecule has 0 spiro atoms. The van der Waals surface area contributed by atoms with Crippen LogP contribution in [0.1, 0.15) is 12.0 Å². The summed E-state index contributed by atoms with van der Waals surface area (Å²) in [5.41, 5.74) is -1.00. The fraction of sp³-hybridized carbons (Fsp3) is 0.208. The van der Waals surface area contributed by atoms with E-state index < -0.39 is 23.2 Å². The first-order valence-electron chi connectivity index (χ1n) is 10.8. The van der Waals surface area contributed by atoms with E-state index in [1.54, 1.807) is 6.07 Å². The Kier molecular flexibility index (Phi) is 5.91. The number of halogens is 2. The van der Waals surface area contributed by atoms with E-state index in [1.165, 1.54) is 42.3 Å². The average Bonchev–Trinajstić information content (AvgIpc) is 3.31. The summed E-state index contributed by atoms with van der Waals surface area (Å²) in [7, 11) is 1.34. The predicted octanol–water partition coefficient (Wildman–Crippen LogP) is 2.18. The topological polar surface area (TPSA) is 126 Å². The van der Waals surface area contributed by atoms with Gasteiger partial charge in [-0.2, -0.15) is 10.2 Å². The molecule has 0 unspecified atom stereocenters. The van der Waals surface area contributed by atoms with Crippen LogP contribution in [-0.2, 0) is 0 Å². The number of benzene rings is 1. The van der Waals surface area contributed by atoms with E-state index in [2.05, 4.69) is 9.97 Å². The highest BCUT2D eigenvalue weighted by atomic mass is 35.5. The molecule has 1 aromatic carbocycles. The smallest absolute Gasteiger partial charge is 0.340 e. The molecule has 36 heavy (non-hydrogen) atoms. The molecule has 1 saturated heterocycles. The van der Waals surface area contributed by atoms with Gasteiger partial charge in [0, 0.05) is 25.4 Å². The van der Waals surface area contributed by atoms with Crippen LogP contribution in [0.15, 0.2) is 52.3 Å². The molecule has 1 atom stereocenters. The standard InChI is InChI=1S/C24H18ClFN6O4/c1-36-22-21-19(8-20(29-22)30-5-4-16(33)12-30)31(14-2-3-18(26)17(25)7-14)24(35)32(23(21)34)15-6-13(9-27)10-28-11-15/h2-3,6-8,10-11,16,33H,4-5,12H2,1H3/t16-/m1/s1. The van der Waals surface area contributed by atoms with Gasteiger partial charge < -0.3 is 14.7 Å². The van der Waals surface area contributed by atoms with Crippen LogP contribution < -0.4 is 20.9 Å². The number of ether oxygens (including phenoxy) is 1. The number of anilines is 1. The first-order valence-corrected chi connectivity index (χ1v) is 11.2. The Hall–Kier alpha value is -4.27. The number of fused-ring (bicyclic) bond motifs is 1. The SMILES string of the molecule is COc1nc(N2CC[C@@H](O)C2)cc2c1c(=O)n(-c1cncc(C#N)c1)c(=O)n2-c1ccc(F)c(Cl)c1. The summed E-state index contributed by atoms with van der Waals surface area (Å²) in [6, 6.07) is 8.56. The van der Waals surface area contributed by atoms with Crippen LogP contribution in [0.3, 0.4) is 0 Å². The van der Waals surface area contributed by atoms with Crippen molar-refractivity contribution in [2.75, 3.05) is 25.1 Å². The molecule has 1 fully saturated rings. The third-order valence-electron chi connectivity index (χ3n) is 5.95. The Morgan fingerprint density at radius 1 is 1.19 bits per heavy atom. The zero-order valence-corrected chi connectivity index (χ0v) is 19.6. The van der Waals surface area contributed by atoms with Gasteiger partial charge in [0.05, 0.1) is 46.9 Å². The molecule has 12 heteroatoms. The molecule has 0 amide bonds. The maximum absolute atomic E-state index is 14.0. The highest BCUT2D eigenvalue weighted by molar-refractivity contribution is 6.30. The van der Waals surface area contributed by atoms with E-state index in [-0.39, 0.29) is 38.7 Å². The molecule has 5 rings (SSSR count). The first kappa shape index (κ1) is 23.5. The van der Waals surface area contributed by atoms with E-state index in [4.69, 9.17) is 16.3 Å². The summed E-state index contributed by atoms with van der Waals surface area (Å²) in [4.78, 5) is 37.8. The molecule has 4 heterocycles. The second kappa shape index (κ2) is 9.07. The number of nitrogens with zero attached hydrogens (tertiary/aromatic N) is 6. The summed E-state index contributed by atoms with van der Waals surface area (Å²) < 4.78 is 21.5. The van der Waals surface area contributed by atoms with Crippen LogP contribution >= 0.6 is 11.6 Å². The number of nitriles is 1. The number of pyridine rings is 2. The minimum absolute atomic E-state index is 0.0246.